The van der Waals surface area contributed by atoms with Crippen LogP contribution < -0.4 is 5.32 Å². The van der Waals surface area contributed by atoms with E-state index in [0.717, 1.165) is 32.5 Å². The van der Waals surface area contributed by atoms with Gasteiger partial charge in [-0.15, -0.1) is 0 Å². The van der Waals surface area contributed by atoms with Crippen LogP contribution in [0.1, 0.15) is 26.7 Å². The molecule has 1 aliphatic heterocycles. The van der Waals surface area contributed by atoms with E-state index in [1.807, 2.05) is 4.68 Å². The van der Waals surface area contributed by atoms with Gasteiger partial charge < -0.3 is 10.1 Å². The summed E-state index contributed by atoms with van der Waals surface area (Å²) in [6, 6.07) is 0. The van der Waals surface area contributed by atoms with Crippen LogP contribution in [0.2, 0.25) is 0 Å². The molecule has 2 heterocycles. The van der Waals surface area contributed by atoms with Gasteiger partial charge in [0.15, 0.2) is 0 Å². The minimum absolute atomic E-state index is 0.294. The predicted molar refractivity (Wildman–Crippen MR) is 65.6 cm³/mol. The molecule has 1 aromatic rings. The van der Waals surface area contributed by atoms with E-state index in [0.29, 0.717) is 18.1 Å². The van der Waals surface area contributed by atoms with Gasteiger partial charge in [0.25, 0.3) is 0 Å². The Morgan fingerprint density at radius 1 is 1.41 bits per heavy atom. The second kappa shape index (κ2) is 6.12. The van der Waals surface area contributed by atoms with Gasteiger partial charge in [-0.2, -0.15) is 5.10 Å². The first-order valence-corrected chi connectivity index (χ1v) is 6.42. The number of nitrogens with zero attached hydrogens (tertiary/aromatic N) is 3. The van der Waals surface area contributed by atoms with Crippen LogP contribution in [0, 0.1) is 5.92 Å². The Labute approximate surface area is 103 Å². The Morgan fingerprint density at radius 2 is 2.24 bits per heavy atom. The van der Waals surface area contributed by atoms with Gasteiger partial charge >= 0.3 is 0 Å². The molecule has 0 amide bonds. The number of rotatable bonds is 6. The maximum atomic E-state index is 5.97. The molecule has 5 heteroatoms. The zero-order valence-electron chi connectivity index (χ0n) is 10.7. The maximum absolute atomic E-state index is 5.97. The van der Waals surface area contributed by atoms with E-state index in [1.54, 1.807) is 12.7 Å². The lowest BCUT2D eigenvalue weighted by Crippen LogP contribution is -2.30. The first-order chi connectivity index (χ1) is 8.24. The van der Waals surface area contributed by atoms with Gasteiger partial charge in [-0.3, -0.25) is 4.68 Å². The Balaban J connectivity index is 1.65. The fourth-order valence-corrected chi connectivity index (χ4v) is 2.13. The van der Waals surface area contributed by atoms with Crippen molar-refractivity contribution in [3.8, 4) is 0 Å². The van der Waals surface area contributed by atoms with E-state index < -0.39 is 0 Å². The minimum Gasteiger partial charge on any atom is -0.372 e. The number of hydrogen-bond donors (Lipinski definition) is 1. The van der Waals surface area contributed by atoms with Gasteiger partial charge in [-0.1, -0.05) is 13.8 Å². The van der Waals surface area contributed by atoms with Gasteiger partial charge in [-0.05, 0) is 25.3 Å². The Morgan fingerprint density at radius 3 is 2.94 bits per heavy atom. The zero-order valence-corrected chi connectivity index (χ0v) is 10.7. The van der Waals surface area contributed by atoms with E-state index >= 15 is 0 Å². The van der Waals surface area contributed by atoms with Crippen LogP contribution in [0.25, 0.3) is 0 Å². The second-order valence-corrected chi connectivity index (χ2v) is 5.13. The van der Waals surface area contributed by atoms with Crippen LogP contribution in [0.15, 0.2) is 12.7 Å². The fraction of sp³-hybridized carbons (Fsp3) is 0.833. The largest absolute Gasteiger partial charge is 0.372 e. The summed E-state index contributed by atoms with van der Waals surface area (Å²) < 4.78 is 7.81. The molecule has 2 atom stereocenters. The molecule has 2 rings (SSSR count). The van der Waals surface area contributed by atoms with E-state index in [9.17, 15) is 0 Å². The molecule has 96 valence electrons. The monoisotopic (exact) mass is 238 g/mol. The van der Waals surface area contributed by atoms with Crippen molar-refractivity contribution < 1.29 is 4.74 Å². The van der Waals surface area contributed by atoms with Crippen molar-refractivity contribution in [2.45, 2.75) is 45.4 Å². The van der Waals surface area contributed by atoms with Crippen molar-refractivity contribution in [2.24, 2.45) is 5.92 Å². The highest BCUT2D eigenvalue weighted by atomic mass is 16.5. The van der Waals surface area contributed by atoms with Crippen LogP contribution in [0.4, 0.5) is 0 Å². The lowest BCUT2D eigenvalue weighted by Gasteiger charge is -2.15. The lowest BCUT2D eigenvalue weighted by molar-refractivity contribution is 0.0339. The van der Waals surface area contributed by atoms with Gasteiger partial charge in [0.2, 0.25) is 0 Å². The Hall–Kier alpha value is -0.940. The van der Waals surface area contributed by atoms with Crippen LogP contribution >= 0.6 is 0 Å². The van der Waals surface area contributed by atoms with Crippen molar-refractivity contribution in [1.29, 1.82) is 0 Å². The predicted octanol–water partition coefficient (Wildman–Crippen LogP) is 1.07. The van der Waals surface area contributed by atoms with Gasteiger partial charge in [0.1, 0.15) is 12.7 Å². The number of ether oxygens (including phenoxy) is 1. The van der Waals surface area contributed by atoms with Crippen LogP contribution in [0.3, 0.4) is 0 Å². The molecule has 1 N–H and O–H groups in total. The van der Waals surface area contributed by atoms with E-state index in [1.165, 1.54) is 0 Å². The molecule has 0 saturated carbocycles. The zero-order chi connectivity index (χ0) is 12.1. The molecule has 0 bridgehead atoms. The molecule has 1 aromatic heterocycles. The highest BCUT2D eigenvalue weighted by Crippen LogP contribution is 2.20. The normalized spacial score (nSPS) is 24.6. The number of aromatic nitrogens is 3. The van der Waals surface area contributed by atoms with E-state index in [4.69, 9.17) is 4.74 Å². The summed E-state index contributed by atoms with van der Waals surface area (Å²) in [4.78, 5) is 3.94. The van der Waals surface area contributed by atoms with Crippen molar-refractivity contribution >= 4 is 0 Å². The van der Waals surface area contributed by atoms with Gasteiger partial charge in [0, 0.05) is 6.54 Å². The summed E-state index contributed by atoms with van der Waals surface area (Å²) in [6.45, 7) is 7.28. The quantitative estimate of drug-likeness (QED) is 0.805. The molecule has 5 nitrogen and oxygen atoms in total. The first kappa shape index (κ1) is 12.5. The van der Waals surface area contributed by atoms with Crippen molar-refractivity contribution in [3.05, 3.63) is 12.7 Å². The molecule has 17 heavy (non-hydrogen) atoms. The van der Waals surface area contributed by atoms with Crippen LogP contribution in [0.5, 0.6) is 0 Å². The highest BCUT2D eigenvalue weighted by Gasteiger charge is 2.25. The van der Waals surface area contributed by atoms with E-state index in [-0.39, 0.29) is 0 Å². The van der Waals surface area contributed by atoms with Crippen molar-refractivity contribution in [2.75, 3.05) is 13.1 Å². The molecule has 1 aliphatic rings. The fourth-order valence-electron chi connectivity index (χ4n) is 2.13. The standard InChI is InChI=1S/C12H22N4O/c1-10(2)5-13-6-11-3-4-12(17-11)7-16-9-14-8-15-16/h8-13H,3-7H2,1-2H3. The average molecular weight is 238 g/mol. The summed E-state index contributed by atoms with van der Waals surface area (Å²) in [5.41, 5.74) is 0. The number of nitrogens with one attached hydrogen (secondary N) is 1. The van der Waals surface area contributed by atoms with Gasteiger partial charge in [0.05, 0.1) is 18.8 Å². The summed E-state index contributed by atoms with van der Waals surface area (Å²) in [7, 11) is 0. The average Bonchev–Trinajstić information content (AvgIpc) is 2.90. The summed E-state index contributed by atoms with van der Waals surface area (Å²) in [5, 5.41) is 7.55. The smallest absolute Gasteiger partial charge is 0.137 e. The highest BCUT2D eigenvalue weighted by molar-refractivity contribution is 4.76. The van der Waals surface area contributed by atoms with Crippen LogP contribution in [-0.2, 0) is 11.3 Å². The molecule has 1 saturated heterocycles. The molecular weight excluding hydrogens is 216 g/mol. The molecule has 0 spiro atoms. The van der Waals surface area contributed by atoms with E-state index in [2.05, 4.69) is 29.2 Å². The maximum Gasteiger partial charge on any atom is 0.137 e. The number of hydrogen-bond acceptors (Lipinski definition) is 4. The third-order valence-corrected chi connectivity index (χ3v) is 2.98. The topological polar surface area (TPSA) is 52.0 Å². The molecular formula is C12H22N4O. The van der Waals surface area contributed by atoms with Crippen molar-refractivity contribution in [1.82, 2.24) is 20.1 Å². The summed E-state index contributed by atoms with van der Waals surface area (Å²) >= 11 is 0. The summed E-state index contributed by atoms with van der Waals surface area (Å²) in [6.07, 6.45) is 6.23. The molecule has 0 radical (unpaired) electrons. The molecule has 2 unspecified atom stereocenters. The second-order valence-electron chi connectivity index (χ2n) is 5.13. The SMILES string of the molecule is CC(C)CNCC1CCC(Cn2cncn2)O1. The van der Waals surface area contributed by atoms with Crippen molar-refractivity contribution in [3.63, 3.8) is 0 Å². The lowest BCUT2D eigenvalue weighted by atomic mass is 10.2. The van der Waals surface area contributed by atoms with Crippen LogP contribution in [-0.4, -0.2) is 40.1 Å². The van der Waals surface area contributed by atoms with Gasteiger partial charge in [-0.25, -0.2) is 4.98 Å². The summed E-state index contributed by atoms with van der Waals surface area (Å²) in [5.74, 6) is 0.697. The third kappa shape index (κ3) is 4.09. The molecule has 0 aliphatic carbocycles. The third-order valence-electron chi connectivity index (χ3n) is 2.98. The Kier molecular flexibility index (Phi) is 4.50. The Bertz CT molecular complexity index is 312. The minimum atomic E-state index is 0.294. The molecule has 0 aromatic carbocycles. The first-order valence-electron chi connectivity index (χ1n) is 6.42. The molecule has 1 fully saturated rings.